The average Bonchev–Trinajstić information content (AvgIpc) is 2.63. The van der Waals surface area contributed by atoms with E-state index in [0.717, 1.165) is 26.2 Å². The van der Waals surface area contributed by atoms with Crippen molar-refractivity contribution in [3.63, 3.8) is 0 Å². The molecule has 0 saturated carbocycles. The van der Waals surface area contributed by atoms with Gasteiger partial charge in [-0.2, -0.15) is 0 Å². The lowest BCUT2D eigenvalue weighted by molar-refractivity contribution is 0.0663. The van der Waals surface area contributed by atoms with E-state index in [1.165, 1.54) is 5.69 Å². The number of ether oxygens (including phenoxy) is 1. The molecule has 1 fully saturated rings. The molecule has 128 valence electrons. The van der Waals surface area contributed by atoms with Gasteiger partial charge in [-0.3, -0.25) is 4.90 Å². The van der Waals surface area contributed by atoms with Gasteiger partial charge in [0.05, 0.1) is 0 Å². The van der Waals surface area contributed by atoms with Gasteiger partial charge in [-0.1, -0.05) is 18.2 Å². The lowest BCUT2D eigenvalue weighted by atomic mass is 10.2. The molecule has 0 amide bonds. The van der Waals surface area contributed by atoms with Crippen LogP contribution in [0.15, 0.2) is 54.6 Å². The summed E-state index contributed by atoms with van der Waals surface area (Å²) in [6, 6.07) is 17.0. The van der Waals surface area contributed by atoms with Crippen LogP contribution in [0.2, 0.25) is 0 Å². The first-order chi connectivity index (χ1) is 11.7. The SMILES string of the molecule is Oc1ccc(OC[C@@H](O)CN2CCN(c3ccccc3)CC2)cc1. The predicted molar refractivity (Wildman–Crippen MR) is 94.7 cm³/mol. The number of β-amino-alcohol motifs (C(OH)–C–C–N with tert-alkyl or cyclic N) is 1. The second kappa shape index (κ2) is 8.04. The van der Waals surface area contributed by atoms with Gasteiger partial charge >= 0.3 is 0 Å². The van der Waals surface area contributed by atoms with Crippen molar-refractivity contribution < 1.29 is 14.9 Å². The molecule has 5 nitrogen and oxygen atoms in total. The van der Waals surface area contributed by atoms with Crippen LogP contribution in [-0.2, 0) is 0 Å². The minimum atomic E-state index is -0.526. The summed E-state index contributed by atoms with van der Waals surface area (Å²) in [6.07, 6.45) is -0.526. The van der Waals surface area contributed by atoms with Crippen molar-refractivity contribution in [1.82, 2.24) is 4.90 Å². The zero-order chi connectivity index (χ0) is 16.8. The molecule has 1 saturated heterocycles. The number of nitrogens with zero attached hydrogens (tertiary/aromatic N) is 2. The second-order valence-electron chi connectivity index (χ2n) is 6.08. The number of aromatic hydroxyl groups is 1. The van der Waals surface area contributed by atoms with E-state index >= 15 is 0 Å². The number of piperazine rings is 1. The molecule has 24 heavy (non-hydrogen) atoms. The van der Waals surface area contributed by atoms with Crippen molar-refractivity contribution >= 4 is 5.69 Å². The fraction of sp³-hybridized carbons (Fsp3) is 0.368. The minimum Gasteiger partial charge on any atom is -0.508 e. The van der Waals surface area contributed by atoms with E-state index < -0.39 is 6.10 Å². The van der Waals surface area contributed by atoms with Crippen molar-refractivity contribution in [2.45, 2.75) is 6.10 Å². The van der Waals surface area contributed by atoms with Crippen LogP contribution in [0.4, 0.5) is 5.69 Å². The van der Waals surface area contributed by atoms with Crippen molar-refractivity contribution in [2.24, 2.45) is 0 Å². The van der Waals surface area contributed by atoms with Gasteiger partial charge in [-0.15, -0.1) is 0 Å². The number of aliphatic hydroxyl groups excluding tert-OH is 1. The highest BCUT2D eigenvalue weighted by Gasteiger charge is 2.19. The van der Waals surface area contributed by atoms with Crippen LogP contribution in [0, 0.1) is 0 Å². The maximum Gasteiger partial charge on any atom is 0.119 e. The average molecular weight is 328 g/mol. The summed E-state index contributed by atoms with van der Waals surface area (Å²) in [5.74, 6) is 0.861. The topological polar surface area (TPSA) is 56.2 Å². The van der Waals surface area contributed by atoms with Crippen LogP contribution in [0.3, 0.4) is 0 Å². The normalized spacial score (nSPS) is 16.8. The molecule has 0 spiro atoms. The molecule has 1 atom stereocenters. The summed E-state index contributed by atoms with van der Waals surface area (Å²) >= 11 is 0. The largest absolute Gasteiger partial charge is 0.508 e. The molecule has 5 heteroatoms. The van der Waals surface area contributed by atoms with Crippen LogP contribution in [0.5, 0.6) is 11.5 Å². The van der Waals surface area contributed by atoms with Crippen molar-refractivity contribution in [2.75, 3.05) is 44.2 Å². The number of rotatable bonds is 6. The summed E-state index contributed by atoms with van der Waals surface area (Å²) in [6.45, 7) is 4.67. The highest BCUT2D eigenvalue weighted by molar-refractivity contribution is 5.46. The number of aliphatic hydroxyl groups is 1. The van der Waals surface area contributed by atoms with Crippen LogP contribution in [-0.4, -0.2) is 60.5 Å². The molecule has 2 aromatic rings. The fourth-order valence-electron chi connectivity index (χ4n) is 2.91. The predicted octanol–water partition coefficient (Wildman–Crippen LogP) is 1.95. The fourth-order valence-corrected chi connectivity index (χ4v) is 2.91. The first-order valence-corrected chi connectivity index (χ1v) is 8.33. The number of phenolic OH excluding ortho intramolecular Hbond substituents is 1. The van der Waals surface area contributed by atoms with Crippen molar-refractivity contribution in [3.05, 3.63) is 54.6 Å². The molecule has 1 aliphatic rings. The summed E-state index contributed by atoms with van der Waals surface area (Å²) in [4.78, 5) is 4.64. The van der Waals surface area contributed by atoms with E-state index in [2.05, 4.69) is 34.1 Å². The number of hydrogen-bond donors (Lipinski definition) is 2. The zero-order valence-electron chi connectivity index (χ0n) is 13.7. The van der Waals surface area contributed by atoms with Crippen LogP contribution in [0.1, 0.15) is 0 Å². The van der Waals surface area contributed by atoms with Gasteiger partial charge in [0, 0.05) is 38.4 Å². The zero-order valence-corrected chi connectivity index (χ0v) is 13.7. The monoisotopic (exact) mass is 328 g/mol. The van der Waals surface area contributed by atoms with Crippen LogP contribution >= 0.6 is 0 Å². The van der Waals surface area contributed by atoms with E-state index in [-0.39, 0.29) is 12.4 Å². The van der Waals surface area contributed by atoms with Gasteiger partial charge in [0.25, 0.3) is 0 Å². The number of anilines is 1. The van der Waals surface area contributed by atoms with Gasteiger partial charge in [0.1, 0.15) is 24.2 Å². The van der Waals surface area contributed by atoms with Crippen LogP contribution < -0.4 is 9.64 Å². The van der Waals surface area contributed by atoms with E-state index in [0.29, 0.717) is 12.3 Å². The molecule has 1 heterocycles. The Kier molecular flexibility index (Phi) is 5.56. The van der Waals surface area contributed by atoms with E-state index in [4.69, 9.17) is 4.74 Å². The Morgan fingerprint density at radius 2 is 1.58 bits per heavy atom. The highest BCUT2D eigenvalue weighted by atomic mass is 16.5. The van der Waals surface area contributed by atoms with Gasteiger partial charge in [-0.05, 0) is 36.4 Å². The summed E-state index contributed by atoms with van der Waals surface area (Å²) in [7, 11) is 0. The van der Waals surface area contributed by atoms with Gasteiger partial charge in [0.15, 0.2) is 0 Å². The standard InChI is InChI=1S/C19H24N2O3/c22-17-6-8-19(9-7-17)24-15-18(23)14-20-10-12-21(13-11-20)16-4-2-1-3-5-16/h1-9,18,22-23H,10-15H2/t18-/m0/s1. The second-order valence-corrected chi connectivity index (χ2v) is 6.08. The summed E-state index contributed by atoms with van der Waals surface area (Å²) < 4.78 is 5.56. The third kappa shape index (κ3) is 4.63. The molecule has 2 N–H and O–H groups in total. The highest BCUT2D eigenvalue weighted by Crippen LogP contribution is 2.17. The first-order valence-electron chi connectivity index (χ1n) is 8.33. The Morgan fingerprint density at radius 1 is 0.917 bits per heavy atom. The summed E-state index contributed by atoms with van der Waals surface area (Å²) in [5, 5.41) is 19.4. The molecule has 3 rings (SSSR count). The first kappa shape index (κ1) is 16.6. The van der Waals surface area contributed by atoms with Gasteiger partial charge in [0.2, 0.25) is 0 Å². The number of phenols is 1. The van der Waals surface area contributed by atoms with Crippen LogP contribution in [0.25, 0.3) is 0 Å². The number of para-hydroxylation sites is 1. The molecule has 2 aromatic carbocycles. The van der Waals surface area contributed by atoms with Crippen molar-refractivity contribution in [1.29, 1.82) is 0 Å². The Hall–Kier alpha value is -2.24. The maximum atomic E-state index is 10.2. The minimum absolute atomic E-state index is 0.208. The Balaban J connectivity index is 1.40. The molecule has 0 aliphatic carbocycles. The number of hydrogen-bond acceptors (Lipinski definition) is 5. The molecule has 0 aromatic heterocycles. The van der Waals surface area contributed by atoms with E-state index in [1.807, 2.05) is 6.07 Å². The third-order valence-electron chi connectivity index (χ3n) is 4.24. The smallest absolute Gasteiger partial charge is 0.119 e. The Morgan fingerprint density at radius 3 is 2.25 bits per heavy atom. The Bertz CT molecular complexity index is 610. The third-order valence-corrected chi connectivity index (χ3v) is 4.24. The lowest BCUT2D eigenvalue weighted by Gasteiger charge is -2.36. The van der Waals surface area contributed by atoms with Crippen molar-refractivity contribution in [3.8, 4) is 11.5 Å². The quantitative estimate of drug-likeness (QED) is 0.849. The van der Waals surface area contributed by atoms with Gasteiger partial charge < -0.3 is 19.8 Å². The van der Waals surface area contributed by atoms with Gasteiger partial charge in [-0.25, -0.2) is 0 Å². The molecular formula is C19H24N2O3. The summed E-state index contributed by atoms with van der Waals surface area (Å²) in [5.41, 5.74) is 1.26. The lowest BCUT2D eigenvalue weighted by Crippen LogP contribution is -2.49. The molecule has 0 radical (unpaired) electrons. The molecular weight excluding hydrogens is 304 g/mol. The molecule has 0 unspecified atom stereocenters. The Labute approximate surface area is 142 Å². The molecule has 1 aliphatic heterocycles. The maximum absolute atomic E-state index is 10.2. The molecule has 0 bridgehead atoms. The van der Waals surface area contributed by atoms with E-state index in [9.17, 15) is 10.2 Å². The number of benzene rings is 2. The van der Waals surface area contributed by atoms with E-state index in [1.54, 1.807) is 24.3 Å².